The summed E-state index contributed by atoms with van der Waals surface area (Å²) < 4.78 is 11.3. The molecule has 0 radical (unpaired) electrons. The fourth-order valence-electron chi connectivity index (χ4n) is 8.12. The maximum Gasteiger partial charge on any atom is 0.509 e. The average molecular weight is 411 g/mol. The average Bonchev–Trinajstić information content (AvgIpc) is 3.35. The van der Waals surface area contributed by atoms with E-state index >= 15 is 0 Å². The molecule has 0 amide bonds. The van der Waals surface area contributed by atoms with Crippen molar-refractivity contribution in [2.24, 2.45) is 45.6 Å². The predicted octanol–water partition coefficient (Wildman–Crippen LogP) is 4.06. The summed E-state index contributed by atoms with van der Waals surface area (Å²) in [6.07, 6.45) is 10.1. The fourth-order valence-corrected chi connectivity index (χ4v) is 8.12. The van der Waals surface area contributed by atoms with Gasteiger partial charge in [0.15, 0.2) is 11.4 Å². The number of carbonyl (C=O) groups excluding carboxylic acids is 2. The third-order valence-corrected chi connectivity index (χ3v) is 9.59. The third-order valence-electron chi connectivity index (χ3n) is 9.59. The number of hydrogen-bond acceptors (Lipinski definition) is 6. The summed E-state index contributed by atoms with van der Waals surface area (Å²) in [5, 5.41) is 4.17. The third kappa shape index (κ3) is 2.08. The minimum absolute atomic E-state index is 0.0552. The number of hydrogen-bond donors (Lipinski definition) is 0. The Morgan fingerprint density at radius 2 is 2.13 bits per heavy atom. The van der Waals surface area contributed by atoms with Gasteiger partial charge in [0, 0.05) is 35.3 Å². The van der Waals surface area contributed by atoms with Crippen LogP contribution in [0, 0.1) is 40.4 Å². The Bertz CT molecular complexity index is 936. The zero-order valence-corrected chi connectivity index (χ0v) is 17.8. The van der Waals surface area contributed by atoms with E-state index in [0.29, 0.717) is 36.7 Å². The van der Waals surface area contributed by atoms with Crippen LogP contribution in [0.3, 0.4) is 0 Å². The Hall–Kier alpha value is -2.11. The van der Waals surface area contributed by atoms with Gasteiger partial charge in [-0.2, -0.15) is 0 Å². The van der Waals surface area contributed by atoms with E-state index < -0.39 is 11.8 Å². The summed E-state index contributed by atoms with van der Waals surface area (Å²) >= 11 is 0. The lowest BCUT2D eigenvalue weighted by Gasteiger charge is -2.57. The molecule has 1 heterocycles. The molecule has 6 aliphatic rings. The van der Waals surface area contributed by atoms with E-state index in [-0.39, 0.29) is 22.5 Å². The van der Waals surface area contributed by atoms with E-state index in [1.54, 1.807) is 7.11 Å². The quantitative estimate of drug-likeness (QED) is 0.297. The van der Waals surface area contributed by atoms with Crippen molar-refractivity contribution in [3.8, 4) is 0 Å². The largest absolute Gasteiger partial charge is 0.509 e. The summed E-state index contributed by atoms with van der Waals surface area (Å²) in [7, 11) is 1.57. The number of oxime groups is 1. The molecule has 0 aromatic rings. The highest BCUT2D eigenvalue weighted by Crippen LogP contribution is 2.77. The van der Waals surface area contributed by atoms with E-state index in [2.05, 4.69) is 25.1 Å². The lowest BCUT2D eigenvalue weighted by Crippen LogP contribution is -2.56. The molecule has 0 aromatic carbocycles. The molecule has 0 N–H and O–H groups in total. The number of fused-ring (bicyclic) bond motifs is 9. The van der Waals surface area contributed by atoms with Crippen LogP contribution >= 0.6 is 0 Å². The van der Waals surface area contributed by atoms with E-state index in [9.17, 15) is 9.59 Å². The maximum absolute atomic E-state index is 12.2. The molecule has 6 heteroatoms. The molecule has 3 saturated carbocycles. The lowest BCUT2D eigenvalue weighted by molar-refractivity contribution is -0.116. The second-order valence-corrected chi connectivity index (χ2v) is 10.6. The Morgan fingerprint density at radius 3 is 2.87 bits per heavy atom. The molecule has 1 aliphatic heterocycles. The van der Waals surface area contributed by atoms with Crippen LogP contribution < -0.4 is 0 Å². The van der Waals surface area contributed by atoms with Gasteiger partial charge in [0.05, 0.1) is 0 Å². The number of allylic oxidation sites excluding steroid dienone is 4. The molecular formula is C24H29NO5. The molecule has 5 aliphatic carbocycles. The Kier molecular flexibility index (Phi) is 3.59. The van der Waals surface area contributed by atoms with Crippen LogP contribution in [0.2, 0.25) is 0 Å². The van der Waals surface area contributed by atoms with Crippen LogP contribution in [0.5, 0.6) is 0 Å². The number of nitrogens with zero attached hydrogens (tertiary/aromatic N) is 1. The Morgan fingerprint density at radius 1 is 1.30 bits per heavy atom. The number of ketones is 1. The van der Waals surface area contributed by atoms with Crippen molar-refractivity contribution in [2.45, 2.75) is 51.6 Å². The second-order valence-electron chi connectivity index (χ2n) is 10.6. The first-order valence-electron chi connectivity index (χ1n) is 11.2. The smallest absolute Gasteiger partial charge is 0.430 e. The summed E-state index contributed by atoms with van der Waals surface area (Å²) in [4.78, 5) is 29.3. The number of ether oxygens (including phenoxy) is 2. The molecule has 4 fully saturated rings. The molecule has 8 atom stereocenters. The van der Waals surface area contributed by atoms with Crippen LogP contribution in [-0.4, -0.2) is 37.5 Å². The summed E-state index contributed by atoms with van der Waals surface area (Å²) in [5.41, 5.74) is 2.02. The van der Waals surface area contributed by atoms with E-state index in [1.165, 1.54) is 11.1 Å². The zero-order chi connectivity index (χ0) is 20.9. The number of cyclic esters (lactones) is 1. The first-order chi connectivity index (χ1) is 14.3. The van der Waals surface area contributed by atoms with Crippen LogP contribution in [0.4, 0.5) is 4.79 Å². The highest BCUT2D eigenvalue weighted by Gasteiger charge is 2.79. The van der Waals surface area contributed by atoms with Gasteiger partial charge in [-0.3, -0.25) is 4.79 Å². The molecule has 1 spiro atoms. The summed E-state index contributed by atoms with van der Waals surface area (Å²) in [6.45, 7) is 5.01. The first kappa shape index (κ1) is 18.6. The van der Waals surface area contributed by atoms with Gasteiger partial charge in [0.2, 0.25) is 0 Å². The van der Waals surface area contributed by atoms with Gasteiger partial charge in [-0.05, 0) is 49.5 Å². The van der Waals surface area contributed by atoms with Crippen molar-refractivity contribution in [3.63, 3.8) is 0 Å². The van der Waals surface area contributed by atoms with Gasteiger partial charge < -0.3 is 14.3 Å². The molecule has 0 aromatic heterocycles. The van der Waals surface area contributed by atoms with Crippen molar-refractivity contribution in [3.05, 3.63) is 23.3 Å². The van der Waals surface area contributed by atoms with Gasteiger partial charge in [-0.15, -0.1) is 0 Å². The zero-order valence-electron chi connectivity index (χ0n) is 17.8. The van der Waals surface area contributed by atoms with E-state index in [4.69, 9.17) is 14.3 Å². The normalized spacial score (nSPS) is 50.7. The number of carbonyl (C=O) groups is 2. The van der Waals surface area contributed by atoms with Crippen molar-refractivity contribution >= 4 is 18.2 Å². The summed E-state index contributed by atoms with van der Waals surface area (Å²) in [5.74, 6) is 2.11. The Labute approximate surface area is 176 Å². The lowest BCUT2D eigenvalue weighted by atomic mass is 9.47. The highest BCUT2D eigenvalue weighted by atomic mass is 16.8. The van der Waals surface area contributed by atoms with Crippen LogP contribution in [0.25, 0.3) is 0 Å². The van der Waals surface area contributed by atoms with Gasteiger partial charge in [-0.1, -0.05) is 36.2 Å². The van der Waals surface area contributed by atoms with Gasteiger partial charge in [0.1, 0.15) is 13.7 Å². The summed E-state index contributed by atoms with van der Waals surface area (Å²) in [6, 6.07) is 0. The van der Waals surface area contributed by atoms with E-state index in [1.807, 2.05) is 12.3 Å². The minimum atomic E-state index is -0.513. The molecule has 160 valence electrons. The fraction of sp³-hybridized carbons (Fsp3) is 0.708. The molecule has 1 saturated heterocycles. The molecular weight excluding hydrogens is 382 g/mol. The van der Waals surface area contributed by atoms with Crippen molar-refractivity contribution in [1.82, 2.24) is 0 Å². The van der Waals surface area contributed by atoms with Gasteiger partial charge >= 0.3 is 6.16 Å². The molecule has 2 unspecified atom stereocenters. The monoisotopic (exact) mass is 411 g/mol. The topological polar surface area (TPSA) is 74.2 Å². The number of rotatable bonds is 2. The molecule has 6 rings (SSSR count). The predicted molar refractivity (Wildman–Crippen MR) is 109 cm³/mol. The van der Waals surface area contributed by atoms with E-state index in [0.717, 1.165) is 25.7 Å². The second kappa shape index (κ2) is 5.77. The minimum Gasteiger partial charge on any atom is -0.430 e. The maximum atomic E-state index is 12.2. The SMILES string of the molecule is CO/N=C/[C@@H]1CC2=CC(=O)CC[C@]2(C)C2=CC[C@@]3(C)C(C21)[C@@H]1C[C@@H]1[C@@]31COC(=O)O1. The Balaban J connectivity index is 1.49. The van der Waals surface area contributed by atoms with Crippen molar-refractivity contribution in [2.75, 3.05) is 13.7 Å². The first-order valence-corrected chi connectivity index (χ1v) is 11.2. The van der Waals surface area contributed by atoms with Gasteiger partial charge in [0.25, 0.3) is 0 Å². The van der Waals surface area contributed by atoms with Crippen LogP contribution in [0.15, 0.2) is 28.5 Å². The molecule has 6 nitrogen and oxygen atoms in total. The highest BCUT2D eigenvalue weighted by molar-refractivity contribution is 5.92. The molecule has 0 bridgehead atoms. The van der Waals surface area contributed by atoms with Gasteiger partial charge in [-0.25, -0.2) is 4.79 Å². The van der Waals surface area contributed by atoms with Crippen molar-refractivity contribution < 1.29 is 23.9 Å². The van der Waals surface area contributed by atoms with Crippen molar-refractivity contribution in [1.29, 1.82) is 0 Å². The molecule has 30 heavy (non-hydrogen) atoms. The standard InChI is InChI=1S/C24H29NO5/c1-22-6-4-15(26)9-14(22)8-13(11-25-28-3)19-17(22)5-7-23(2)20(19)16-10-18(16)24(23)12-29-21(27)30-24/h5,9,11,13,16,18-20H,4,6-8,10,12H2,1-3H3/b25-11+/t13-,16+,18-,19?,20?,22-,23-,24-/m0/s1. The van der Waals surface area contributed by atoms with Crippen LogP contribution in [-0.2, 0) is 19.1 Å². The van der Waals surface area contributed by atoms with Crippen LogP contribution in [0.1, 0.15) is 46.0 Å².